The van der Waals surface area contributed by atoms with Gasteiger partial charge in [-0.05, 0) is 36.9 Å². The summed E-state index contributed by atoms with van der Waals surface area (Å²) < 4.78 is 46.0. The molecule has 1 heterocycles. The van der Waals surface area contributed by atoms with Gasteiger partial charge in [-0.15, -0.1) is 11.3 Å². The summed E-state index contributed by atoms with van der Waals surface area (Å²) in [5.41, 5.74) is -0.162. The molecular formula is C17H21FN2O4S2. The Morgan fingerprint density at radius 1 is 1.27 bits per heavy atom. The normalized spacial score (nSPS) is 11.3. The van der Waals surface area contributed by atoms with E-state index in [-0.39, 0.29) is 9.90 Å². The predicted molar refractivity (Wildman–Crippen MR) is 99.4 cm³/mol. The van der Waals surface area contributed by atoms with Gasteiger partial charge in [0, 0.05) is 19.8 Å². The van der Waals surface area contributed by atoms with E-state index in [1.54, 1.807) is 11.4 Å². The van der Waals surface area contributed by atoms with Crippen molar-refractivity contribution in [3.63, 3.8) is 0 Å². The average molecular weight is 400 g/mol. The van der Waals surface area contributed by atoms with Crippen LogP contribution in [-0.4, -0.2) is 40.6 Å². The Bertz CT molecular complexity index is 810. The van der Waals surface area contributed by atoms with E-state index in [9.17, 15) is 17.6 Å². The van der Waals surface area contributed by atoms with Gasteiger partial charge in [-0.2, -0.15) is 0 Å². The Morgan fingerprint density at radius 2 is 2.04 bits per heavy atom. The molecule has 0 aliphatic carbocycles. The molecular weight excluding hydrogens is 379 g/mol. The van der Waals surface area contributed by atoms with Gasteiger partial charge in [0.25, 0.3) is 10.0 Å². The second-order valence-electron chi connectivity index (χ2n) is 5.30. The smallest absolute Gasteiger partial charge is 0.274 e. The number of para-hydroxylation sites is 1. The lowest BCUT2D eigenvalue weighted by molar-refractivity contribution is -0.119. The summed E-state index contributed by atoms with van der Waals surface area (Å²) in [7, 11) is -4.04. The third-order valence-electron chi connectivity index (χ3n) is 3.44. The Hall–Kier alpha value is -1.97. The first-order valence-electron chi connectivity index (χ1n) is 8.12. The number of halogens is 1. The second-order valence-corrected chi connectivity index (χ2v) is 8.33. The van der Waals surface area contributed by atoms with Gasteiger partial charge in [-0.3, -0.25) is 9.10 Å². The maximum atomic E-state index is 14.2. The number of carbonyl (C=O) groups excluding carboxylic acids is 1. The van der Waals surface area contributed by atoms with Crippen LogP contribution in [-0.2, 0) is 19.6 Å². The highest BCUT2D eigenvalue weighted by atomic mass is 32.2. The molecule has 0 saturated heterocycles. The van der Waals surface area contributed by atoms with E-state index in [4.69, 9.17) is 4.74 Å². The average Bonchev–Trinajstić information content (AvgIpc) is 3.16. The summed E-state index contributed by atoms with van der Waals surface area (Å²) in [4.78, 5) is 12.2. The van der Waals surface area contributed by atoms with Crippen molar-refractivity contribution in [2.45, 2.75) is 17.6 Å². The number of carbonyl (C=O) groups is 1. The van der Waals surface area contributed by atoms with Gasteiger partial charge in [-0.25, -0.2) is 12.8 Å². The number of ether oxygens (including phenoxy) is 1. The van der Waals surface area contributed by atoms with Crippen molar-refractivity contribution in [1.29, 1.82) is 0 Å². The number of sulfonamides is 1. The number of hydrogen-bond acceptors (Lipinski definition) is 5. The minimum Gasteiger partial charge on any atom is -0.382 e. The van der Waals surface area contributed by atoms with E-state index in [0.717, 1.165) is 21.7 Å². The van der Waals surface area contributed by atoms with Crippen molar-refractivity contribution in [1.82, 2.24) is 5.32 Å². The van der Waals surface area contributed by atoms with Crippen LogP contribution in [0.1, 0.15) is 13.3 Å². The minimum absolute atomic E-state index is 0.0462. The van der Waals surface area contributed by atoms with E-state index in [2.05, 4.69) is 5.32 Å². The molecule has 26 heavy (non-hydrogen) atoms. The summed E-state index contributed by atoms with van der Waals surface area (Å²) in [6.07, 6.45) is 0.608. The molecule has 2 aromatic rings. The van der Waals surface area contributed by atoms with Crippen LogP contribution in [0.5, 0.6) is 0 Å². The molecule has 0 atom stereocenters. The fraction of sp³-hybridized carbons (Fsp3) is 0.353. The molecule has 1 N–H and O–H groups in total. The molecule has 6 nitrogen and oxygen atoms in total. The third-order valence-corrected chi connectivity index (χ3v) is 6.57. The largest absolute Gasteiger partial charge is 0.382 e. The van der Waals surface area contributed by atoms with Crippen molar-refractivity contribution >= 4 is 33.0 Å². The molecule has 0 bridgehead atoms. The van der Waals surface area contributed by atoms with Gasteiger partial charge >= 0.3 is 0 Å². The monoisotopic (exact) mass is 400 g/mol. The Balaban J connectivity index is 2.17. The zero-order valence-corrected chi connectivity index (χ0v) is 16.0. The first-order chi connectivity index (χ1) is 12.5. The molecule has 0 saturated carbocycles. The molecule has 1 aromatic carbocycles. The van der Waals surface area contributed by atoms with Crippen molar-refractivity contribution in [2.24, 2.45) is 0 Å². The first-order valence-corrected chi connectivity index (χ1v) is 10.4. The number of hydrogen-bond donors (Lipinski definition) is 1. The molecule has 1 amide bonds. The zero-order valence-electron chi connectivity index (χ0n) is 14.4. The summed E-state index contributed by atoms with van der Waals surface area (Å²) >= 11 is 1.01. The van der Waals surface area contributed by atoms with Gasteiger partial charge in [0.05, 0.1) is 5.69 Å². The summed E-state index contributed by atoms with van der Waals surface area (Å²) in [6.45, 7) is 2.81. The van der Waals surface area contributed by atoms with E-state index >= 15 is 0 Å². The number of benzene rings is 1. The molecule has 0 fully saturated rings. The topological polar surface area (TPSA) is 75.7 Å². The van der Waals surface area contributed by atoms with Gasteiger partial charge in [0.1, 0.15) is 16.6 Å². The lowest BCUT2D eigenvalue weighted by Gasteiger charge is -2.23. The van der Waals surface area contributed by atoms with E-state index in [1.165, 1.54) is 24.3 Å². The zero-order chi connectivity index (χ0) is 19.0. The second kappa shape index (κ2) is 9.65. The van der Waals surface area contributed by atoms with Crippen LogP contribution >= 0.6 is 11.3 Å². The molecule has 0 spiro atoms. The molecule has 0 aliphatic heterocycles. The summed E-state index contributed by atoms with van der Waals surface area (Å²) in [5.74, 6) is -1.22. The van der Waals surface area contributed by atoms with Crippen LogP contribution in [0.3, 0.4) is 0 Å². The van der Waals surface area contributed by atoms with Gasteiger partial charge < -0.3 is 10.1 Å². The van der Waals surface area contributed by atoms with Crippen LogP contribution in [0.25, 0.3) is 0 Å². The number of thiophene rings is 1. The highest BCUT2D eigenvalue weighted by molar-refractivity contribution is 7.94. The number of nitrogens with zero attached hydrogens (tertiary/aromatic N) is 1. The number of rotatable bonds is 10. The summed E-state index contributed by atoms with van der Waals surface area (Å²) in [5, 5.41) is 4.25. The molecule has 1 aromatic heterocycles. The molecule has 0 radical (unpaired) electrons. The Labute approximate surface area is 156 Å². The minimum atomic E-state index is -4.04. The molecule has 9 heteroatoms. The highest BCUT2D eigenvalue weighted by Crippen LogP contribution is 2.28. The lowest BCUT2D eigenvalue weighted by atomic mass is 10.3. The summed E-state index contributed by atoms with van der Waals surface area (Å²) in [6, 6.07) is 8.49. The highest BCUT2D eigenvalue weighted by Gasteiger charge is 2.29. The maximum Gasteiger partial charge on any atom is 0.274 e. The van der Waals surface area contributed by atoms with Crippen molar-refractivity contribution in [2.75, 3.05) is 30.6 Å². The van der Waals surface area contributed by atoms with Crippen molar-refractivity contribution < 1.29 is 22.3 Å². The molecule has 142 valence electrons. The molecule has 2 rings (SSSR count). The fourth-order valence-electron chi connectivity index (χ4n) is 2.21. The van der Waals surface area contributed by atoms with Crippen LogP contribution in [0, 0.1) is 5.82 Å². The van der Waals surface area contributed by atoms with E-state index in [1.807, 2.05) is 6.92 Å². The van der Waals surface area contributed by atoms with Crippen LogP contribution in [0.2, 0.25) is 0 Å². The van der Waals surface area contributed by atoms with E-state index < -0.39 is 28.3 Å². The van der Waals surface area contributed by atoms with Crippen molar-refractivity contribution in [3.05, 3.63) is 47.6 Å². The lowest BCUT2D eigenvalue weighted by Crippen LogP contribution is -2.41. The SMILES string of the molecule is CCOCCCNC(=O)CN(c1ccccc1F)S(=O)(=O)c1cccs1. The number of amides is 1. The van der Waals surface area contributed by atoms with Crippen molar-refractivity contribution in [3.8, 4) is 0 Å². The Kier molecular flexibility index (Phi) is 7.55. The number of nitrogens with one attached hydrogen (secondary N) is 1. The number of anilines is 1. The fourth-order valence-corrected chi connectivity index (χ4v) is 4.74. The standard InChI is InChI=1S/C17H21FN2O4S2/c1-2-24-11-6-10-19-16(21)13-20(15-8-4-3-7-14(15)18)26(22,23)17-9-5-12-25-17/h3-5,7-9,12H,2,6,10-11,13H2,1H3,(H,19,21). The van der Waals surface area contributed by atoms with E-state index in [0.29, 0.717) is 26.2 Å². The Morgan fingerprint density at radius 3 is 2.69 bits per heavy atom. The maximum absolute atomic E-state index is 14.2. The van der Waals surface area contributed by atoms with Gasteiger partial charge in [0.15, 0.2) is 0 Å². The van der Waals surface area contributed by atoms with Gasteiger partial charge in [-0.1, -0.05) is 18.2 Å². The quantitative estimate of drug-likeness (QED) is 0.622. The third kappa shape index (κ3) is 5.26. The van der Waals surface area contributed by atoms with Crippen LogP contribution in [0.4, 0.5) is 10.1 Å². The van der Waals surface area contributed by atoms with Gasteiger partial charge in [0.2, 0.25) is 5.91 Å². The first kappa shape index (κ1) is 20.3. The molecule has 0 unspecified atom stereocenters. The van der Waals surface area contributed by atoms with Crippen LogP contribution in [0.15, 0.2) is 46.0 Å². The molecule has 0 aliphatic rings. The van der Waals surface area contributed by atoms with Crippen LogP contribution < -0.4 is 9.62 Å². The predicted octanol–water partition coefficient (Wildman–Crippen LogP) is 2.63.